The van der Waals surface area contributed by atoms with Gasteiger partial charge in [-0.1, -0.05) is 66.0 Å². The zero-order chi connectivity index (χ0) is 23.2. The first-order valence-corrected chi connectivity index (χ1v) is 11.6. The van der Waals surface area contributed by atoms with Crippen LogP contribution in [0, 0.1) is 39.5 Å². The Morgan fingerprint density at radius 3 is 2.24 bits per heavy atom. The van der Waals surface area contributed by atoms with Gasteiger partial charge in [-0.25, -0.2) is 0 Å². The van der Waals surface area contributed by atoms with E-state index in [1.165, 1.54) is 11.1 Å². The molecule has 1 saturated heterocycles. The number of fused-ring (bicyclic) bond motifs is 7. The van der Waals surface area contributed by atoms with Gasteiger partial charge < -0.3 is 20.3 Å². The van der Waals surface area contributed by atoms with Gasteiger partial charge in [0.05, 0.1) is 0 Å². The third-order valence-electron chi connectivity index (χ3n) is 7.77. The number of rotatable bonds is 0. The summed E-state index contributed by atoms with van der Waals surface area (Å²) in [6.45, 7) is 12.7. The van der Waals surface area contributed by atoms with Gasteiger partial charge in [0, 0.05) is 12.0 Å². The summed E-state index contributed by atoms with van der Waals surface area (Å²) in [5, 5.41) is 6.83. The maximum Gasteiger partial charge on any atom is 2.00 e. The first-order chi connectivity index (χ1) is 15.7. The van der Waals surface area contributed by atoms with E-state index < -0.39 is 0 Å². The van der Waals surface area contributed by atoms with E-state index in [4.69, 9.17) is 20.3 Å². The number of hydrogen-bond donors (Lipinski definition) is 0. The number of Topliss-reactive ketones (excluding diaryl/α,β-unsaturated/α-hetero) is 1. The van der Waals surface area contributed by atoms with E-state index >= 15 is 0 Å². The Balaban J connectivity index is 0.00000241. The molecule has 0 amide bonds. The Labute approximate surface area is 215 Å². The molecule has 0 unspecified atom stereocenters. The molecule has 5 heterocycles. The minimum absolute atomic E-state index is 0. The van der Waals surface area contributed by atoms with Crippen molar-refractivity contribution in [3.63, 3.8) is 0 Å². The molecular formula is C28H26MgN4O-2. The van der Waals surface area contributed by atoms with Gasteiger partial charge in [-0.15, -0.1) is 33.5 Å². The Bertz CT molecular complexity index is 1560. The van der Waals surface area contributed by atoms with Crippen LogP contribution in [0.25, 0.3) is 29.1 Å². The number of aromatic nitrogens is 3. The van der Waals surface area contributed by atoms with Crippen LogP contribution in [0.1, 0.15) is 75.7 Å². The molecular weight excluding hydrogens is 433 g/mol. The molecule has 1 fully saturated rings. The van der Waals surface area contributed by atoms with Crippen molar-refractivity contribution in [2.45, 2.75) is 48.0 Å². The van der Waals surface area contributed by atoms with Crippen molar-refractivity contribution in [1.82, 2.24) is 15.0 Å². The second kappa shape index (κ2) is 7.92. The number of aryl methyl sites for hydroxylation is 1. The van der Waals surface area contributed by atoms with Crippen molar-refractivity contribution in [2.75, 3.05) is 0 Å². The average Bonchev–Trinajstić information content (AvgIpc) is 3.51. The molecule has 0 aromatic carbocycles. The van der Waals surface area contributed by atoms with Crippen molar-refractivity contribution in [3.05, 3.63) is 84.1 Å². The first-order valence-electron chi connectivity index (χ1n) is 11.6. The maximum atomic E-state index is 13.0. The normalized spacial score (nSPS) is 26.2. The van der Waals surface area contributed by atoms with Gasteiger partial charge in [-0.3, -0.25) is 4.79 Å². The molecule has 3 aromatic rings. The van der Waals surface area contributed by atoms with Crippen molar-refractivity contribution >= 4 is 52.6 Å². The van der Waals surface area contributed by atoms with Crippen LogP contribution in [0.2, 0.25) is 0 Å². The van der Waals surface area contributed by atoms with E-state index in [9.17, 15) is 4.79 Å². The molecule has 34 heavy (non-hydrogen) atoms. The van der Waals surface area contributed by atoms with Crippen LogP contribution in [0.5, 0.6) is 0 Å². The molecule has 2 atom stereocenters. The van der Waals surface area contributed by atoms with Crippen LogP contribution in [-0.4, -0.2) is 28.8 Å². The largest absolute Gasteiger partial charge is 2.00 e. The number of nitrogens with zero attached hydrogens (tertiary/aromatic N) is 4. The van der Waals surface area contributed by atoms with Crippen molar-refractivity contribution in [1.29, 1.82) is 0 Å². The van der Waals surface area contributed by atoms with E-state index in [0.717, 1.165) is 67.1 Å². The Morgan fingerprint density at radius 2 is 1.50 bits per heavy atom. The summed E-state index contributed by atoms with van der Waals surface area (Å²) >= 11 is 0. The second-order valence-electron chi connectivity index (χ2n) is 9.74. The van der Waals surface area contributed by atoms with E-state index in [1.54, 1.807) is 0 Å². The van der Waals surface area contributed by atoms with Crippen LogP contribution >= 0.6 is 0 Å². The van der Waals surface area contributed by atoms with Crippen LogP contribution in [0.3, 0.4) is 0 Å². The fourth-order valence-corrected chi connectivity index (χ4v) is 5.30. The number of hydrogen-bond acceptors (Lipinski definition) is 1. The zero-order valence-electron chi connectivity index (χ0n) is 20.6. The van der Waals surface area contributed by atoms with E-state index in [1.807, 2.05) is 13.0 Å². The van der Waals surface area contributed by atoms with Gasteiger partial charge in [0.25, 0.3) is 0 Å². The third-order valence-corrected chi connectivity index (χ3v) is 7.77. The van der Waals surface area contributed by atoms with Crippen molar-refractivity contribution in [3.8, 4) is 0 Å². The van der Waals surface area contributed by atoms with Crippen molar-refractivity contribution in [2.24, 2.45) is 11.8 Å². The zero-order valence-corrected chi connectivity index (χ0v) is 22.0. The van der Waals surface area contributed by atoms with Gasteiger partial charge in [0.1, 0.15) is 0 Å². The standard InChI is InChI=1S/C28H27N4O.Mg/c1-12-7-18-8-21-17(6)26-25(33)9-19(28(26)32-21)27-16(5)15(4)24(31-27)11-23-14(3)13(2)22(30-23)10-20(12)29-18;/h7-8,10-11,15-16H,9H2,1-6H3,(H-,31,32,33);/q-3;+2/p-1/b18-8-,20-10-,24-11-;/t15-,16-;/m0./s1. The van der Waals surface area contributed by atoms with Crippen LogP contribution in [0.4, 0.5) is 0 Å². The van der Waals surface area contributed by atoms with E-state index in [0.29, 0.717) is 6.42 Å². The average molecular weight is 459 g/mol. The molecule has 0 spiro atoms. The number of carbonyl (C=O) groups is 1. The predicted molar refractivity (Wildman–Crippen MR) is 136 cm³/mol. The summed E-state index contributed by atoms with van der Waals surface area (Å²) in [4.78, 5) is 27.8. The Kier molecular flexibility index (Phi) is 5.37. The van der Waals surface area contributed by atoms with Crippen LogP contribution in [-0.2, 0) is 0 Å². The fraction of sp³-hybridized carbons (Fsp3) is 0.321. The minimum Gasteiger partial charge on any atom is -0.664 e. The fourth-order valence-electron chi connectivity index (χ4n) is 5.30. The Hall–Kier alpha value is -2.70. The monoisotopic (exact) mass is 458 g/mol. The molecule has 6 rings (SSSR count). The summed E-state index contributed by atoms with van der Waals surface area (Å²) < 4.78 is 0. The molecule has 3 aromatic heterocycles. The summed E-state index contributed by atoms with van der Waals surface area (Å²) in [7, 11) is 0. The maximum absolute atomic E-state index is 13.0. The van der Waals surface area contributed by atoms with E-state index in [-0.39, 0.29) is 40.7 Å². The quantitative estimate of drug-likeness (QED) is 0.484. The van der Waals surface area contributed by atoms with Crippen LogP contribution < -0.4 is 25.7 Å². The molecule has 0 saturated carbocycles. The number of ketones is 1. The van der Waals surface area contributed by atoms with E-state index in [2.05, 4.69) is 52.8 Å². The molecule has 6 heteroatoms. The summed E-state index contributed by atoms with van der Waals surface area (Å²) in [5.74, 6) is 0.601. The molecule has 2 aliphatic heterocycles. The molecule has 5 nitrogen and oxygen atoms in total. The predicted octanol–water partition coefficient (Wildman–Crippen LogP) is 3.38. The van der Waals surface area contributed by atoms with Crippen molar-refractivity contribution < 1.29 is 4.79 Å². The van der Waals surface area contributed by atoms with Gasteiger partial charge in [-0.05, 0) is 39.5 Å². The number of carbonyl (C=O) groups excluding carboxylic acids is 1. The molecule has 3 aliphatic rings. The molecule has 168 valence electrons. The van der Waals surface area contributed by atoms with Gasteiger partial charge in [0.15, 0.2) is 5.78 Å². The molecule has 0 N–H and O–H groups in total. The third kappa shape index (κ3) is 3.22. The molecule has 8 bridgehead atoms. The van der Waals surface area contributed by atoms with Gasteiger partial charge in [0.2, 0.25) is 0 Å². The first kappa shape index (κ1) is 23.1. The summed E-state index contributed by atoms with van der Waals surface area (Å²) in [6.07, 6.45) is 6.56. The SMILES string of the molecule is Cc1c2[n-]c(c1C)/C=c1\[n-]/c(cc1C)=C\c1[n-]c3c(c1C)C(=O)C/C3=C1/[N-]/C(=C\2)[C@@H](C)[C@@H]1C.[Mg+2]. The topological polar surface area (TPSA) is 73.5 Å². The second-order valence-corrected chi connectivity index (χ2v) is 9.74. The molecule has 1 aliphatic carbocycles. The minimum atomic E-state index is 0. The summed E-state index contributed by atoms with van der Waals surface area (Å²) in [5.41, 5.74) is 11.7. The number of allylic oxidation sites excluding steroid dienone is 3. The van der Waals surface area contributed by atoms with Gasteiger partial charge >= 0.3 is 23.1 Å². The van der Waals surface area contributed by atoms with Crippen LogP contribution in [0.15, 0.2) is 17.5 Å². The Morgan fingerprint density at radius 1 is 0.824 bits per heavy atom. The molecule has 0 radical (unpaired) electrons. The smallest absolute Gasteiger partial charge is 0.664 e. The summed E-state index contributed by atoms with van der Waals surface area (Å²) in [6, 6.07) is 2.07. The van der Waals surface area contributed by atoms with Gasteiger partial charge in [-0.2, -0.15) is 11.4 Å².